The van der Waals surface area contributed by atoms with Gasteiger partial charge in [-0.05, 0) is 24.4 Å². The molecular formula is C15H11FN2OS. The number of aromatic nitrogens is 1. The highest BCUT2D eigenvalue weighted by Crippen LogP contribution is 2.23. The number of amides is 1. The van der Waals surface area contributed by atoms with Crippen molar-refractivity contribution in [1.29, 1.82) is 0 Å². The van der Waals surface area contributed by atoms with Crippen LogP contribution < -0.4 is 5.32 Å². The minimum atomic E-state index is -0.331. The van der Waals surface area contributed by atoms with Gasteiger partial charge in [0.1, 0.15) is 5.82 Å². The number of fused-ring (bicyclic) bond motifs is 1. The Kier molecular flexibility index (Phi) is 3.20. The molecule has 0 fully saturated rings. The van der Waals surface area contributed by atoms with Crippen molar-refractivity contribution >= 4 is 33.1 Å². The molecule has 20 heavy (non-hydrogen) atoms. The Hall–Kier alpha value is -2.27. The second-order valence-corrected chi connectivity index (χ2v) is 5.25. The minimum Gasteiger partial charge on any atom is -0.298 e. The van der Waals surface area contributed by atoms with Gasteiger partial charge < -0.3 is 0 Å². The van der Waals surface area contributed by atoms with Crippen LogP contribution in [0.15, 0.2) is 41.8 Å². The summed E-state index contributed by atoms with van der Waals surface area (Å²) in [4.78, 5) is 16.5. The number of anilines is 1. The molecule has 1 amide bonds. The van der Waals surface area contributed by atoms with E-state index >= 15 is 0 Å². The lowest BCUT2D eigenvalue weighted by atomic mass is 10.0. The Morgan fingerprint density at radius 1 is 1.20 bits per heavy atom. The van der Waals surface area contributed by atoms with E-state index in [1.54, 1.807) is 24.3 Å². The van der Waals surface area contributed by atoms with E-state index in [1.165, 1.54) is 23.5 Å². The number of carbonyl (C=O) groups is 1. The van der Waals surface area contributed by atoms with Crippen molar-refractivity contribution in [3.05, 3.63) is 58.9 Å². The largest absolute Gasteiger partial charge is 0.298 e. The van der Waals surface area contributed by atoms with Crippen LogP contribution in [0.3, 0.4) is 0 Å². The standard InChI is InChI=1S/C15H11FN2OS/c1-9-8-20-15(17-9)18-14(19)12-6-7-13(16)11-5-3-2-4-10(11)12/h2-8H,1H3,(H,17,18,19). The smallest absolute Gasteiger partial charge is 0.258 e. The molecule has 0 radical (unpaired) electrons. The lowest BCUT2D eigenvalue weighted by Crippen LogP contribution is -2.12. The van der Waals surface area contributed by atoms with Crippen LogP contribution in [0.2, 0.25) is 0 Å². The Bertz CT molecular complexity index is 797. The number of aryl methyl sites for hydroxylation is 1. The molecule has 2 aromatic carbocycles. The van der Waals surface area contributed by atoms with E-state index in [-0.39, 0.29) is 11.7 Å². The summed E-state index contributed by atoms with van der Waals surface area (Å²) in [5.74, 6) is -0.613. The zero-order valence-corrected chi connectivity index (χ0v) is 11.5. The highest BCUT2D eigenvalue weighted by Gasteiger charge is 2.13. The second-order valence-electron chi connectivity index (χ2n) is 4.39. The van der Waals surface area contributed by atoms with E-state index in [0.717, 1.165) is 5.69 Å². The first-order valence-electron chi connectivity index (χ1n) is 6.06. The molecule has 1 N–H and O–H groups in total. The summed E-state index contributed by atoms with van der Waals surface area (Å²) in [7, 11) is 0. The van der Waals surface area contributed by atoms with Gasteiger partial charge in [-0.25, -0.2) is 9.37 Å². The molecule has 1 heterocycles. The van der Waals surface area contributed by atoms with Gasteiger partial charge in [-0.1, -0.05) is 24.3 Å². The van der Waals surface area contributed by atoms with Crippen molar-refractivity contribution in [2.24, 2.45) is 0 Å². The van der Waals surface area contributed by atoms with Crippen molar-refractivity contribution < 1.29 is 9.18 Å². The Morgan fingerprint density at radius 3 is 2.65 bits per heavy atom. The molecule has 0 saturated heterocycles. The summed E-state index contributed by atoms with van der Waals surface area (Å²) in [5, 5.41) is 6.17. The molecule has 3 aromatic rings. The first-order chi connectivity index (χ1) is 9.65. The van der Waals surface area contributed by atoms with E-state index < -0.39 is 0 Å². The quantitative estimate of drug-likeness (QED) is 0.773. The number of carbonyl (C=O) groups excluding carboxylic acids is 1. The van der Waals surface area contributed by atoms with Gasteiger partial charge in [-0.15, -0.1) is 11.3 Å². The van der Waals surface area contributed by atoms with Gasteiger partial charge in [0, 0.05) is 16.3 Å². The van der Waals surface area contributed by atoms with Crippen LogP contribution in [-0.2, 0) is 0 Å². The number of halogens is 1. The molecule has 0 atom stereocenters. The monoisotopic (exact) mass is 286 g/mol. The SMILES string of the molecule is Cc1csc(NC(=O)c2ccc(F)c3ccccc23)n1. The van der Waals surface area contributed by atoms with Crippen LogP contribution in [0.25, 0.3) is 10.8 Å². The maximum atomic E-state index is 13.7. The van der Waals surface area contributed by atoms with Crippen LogP contribution in [0.5, 0.6) is 0 Å². The first kappa shape index (κ1) is 12.7. The molecule has 3 rings (SSSR count). The summed E-state index contributed by atoms with van der Waals surface area (Å²) in [6, 6.07) is 9.73. The van der Waals surface area contributed by atoms with Crippen molar-refractivity contribution in [3.63, 3.8) is 0 Å². The summed E-state index contributed by atoms with van der Waals surface area (Å²) < 4.78 is 13.7. The average molecular weight is 286 g/mol. The molecule has 0 aliphatic carbocycles. The van der Waals surface area contributed by atoms with E-state index in [1.807, 2.05) is 12.3 Å². The number of thiazole rings is 1. The second kappa shape index (κ2) is 5.02. The molecule has 0 aliphatic heterocycles. The number of hydrogen-bond acceptors (Lipinski definition) is 3. The highest BCUT2D eigenvalue weighted by molar-refractivity contribution is 7.13. The van der Waals surface area contributed by atoms with Gasteiger partial charge >= 0.3 is 0 Å². The molecule has 0 spiro atoms. The van der Waals surface area contributed by atoms with E-state index in [2.05, 4.69) is 10.3 Å². The van der Waals surface area contributed by atoms with Crippen LogP contribution >= 0.6 is 11.3 Å². The maximum absolute atomic E-state index is 13.7. The Morgan fingerprint density at radius 2 is 1.95 bits per heavy atom. The molecule has 3 nitrogen and oxygen atoms in total. The summed E-state index contributed by atoms with van der Waals surface area (Å²) in [5.41, 5.74) is 1.30. The van der Waals surface area contributed by atoms with Gasteiger partial charge in [0.2, 0.25) is 0 Å². The topological polar surface area (TPSA) is 42.0 Å². The van der Waals surface area contributed by atoms with E-state index in [0.29, 0.717) is 21.5 Å². The number of nitrogens with zero attached hydrogens (tertiary/aromatic N) is 1. The van der Waals surface area contributed by atoms with Crippen LogP contribution in [0.4, 0.5) is 9.52 Å². The third-order valence-electron chi connectivity index (χ3n) is 2.95. The van der Waals surface area contributed by atoms with Gasteiger partial charge in [-0.2, -0.15) is 0 Å². The van der Waals surface area contributed by atoms with Crippen molar-refractivity contribution in [1.82, 2.24) is 4.98 Å². The van der Waals surface area contributed by atoms with Crippen LogP contribution in [0, 0.1) is 12.7 Å². The summed E-state index contributed by atoms with van der Waals surface area (Å²) >= 11 is 1.36. The zero-order valence-electron chi connectivity index (χ0n) is 10.7. The maximum Gasteiger partial charge on any atom is 0.258 e. The average Bonchev–Trinajstić information content (AvgIpc) is 2.84. The van der Waals surface area contributed by atoms with Gasteiger partial charge in [-0.3, -0.25) is 10.1 Å². The fourth-order valence-electron chi connectivity index (χ4n) is 2.04. The highest BCUT2D eigenvalue weighted by atomic mass is 32.1. The lowest BCUT2D eigenvalue weighted by Gasteiger charge is -2.06. The lowest BCUT2D eigenvalue weighted by molar-refractivity contribution is 0.102. The third-order valence-corrected chi connectivity index (χ3v) is 3.83. The van der Waals surface area contributed by atoms with Crippen LogP contribution in [-0.4, -0.2) is 10.9 Å². The Balaban J connectivity index is 2.01. The van der Waals surface area contributed by atoms with Crippen molar-refractivity contribution in [2.45, 2.75) is 6.92 Å². The molecule has 5 heteroatoms. The number of nitrogens with one attached hydrogen (secondary N) is 1. The summed E-state index contributed by atoms with van der Waals surface area (Å²) in [6.07, 6.45) is 0. The van der Waals surface area contributed by atoms with Crippen LogP contribution in [0.1, 0.15) is 16.1 Å². The molecule has 0 saturated carbocycles. The summed E-state index contributed by atoms with van der Waals surface area (Å²) in [6.45, 7) is 1.86. The van der Waals surface area contributed by atoms with Gasteiger partial charge in [0.05, 0.1) is 5.69 Å². The predicted octanol–water partition coefficient (Wildman–Crippen LogP) is 4.00. The number of benzene rings is 2. The third kappa shape index (κ3) is 2.28. The molecule has 1 aromatic heterocycles. The molecule has 0 aliphatic rings. The molecular weight excluding hydrogens is 275 g/mol. The fraction of sp³-hybridized carbons (Fsp3) is 0.0667. The Labute approximate surface area is 119 Å². The minimum absolute atomic E-state index is 0.282. The van der Waals surface area contributed by atoms with Gasteiger partial charge in [0.15, 0.2) is 5.13 Å². The van der Waals surface area contributed by atoms with Gasteiger partial charge in [0.25, 0.3) is 5.91 Å². The zero-order chi connectivity index (χ0) is 14.1. The molecule has 100 valence electrons. The molecule has 0 unspecified atom stereocenters. The van der Waals surface area contributed by atoms with Crippen molar-refractivity contribution in [2.75, 3.05) is 5.32 Å². The van der Waals surface area contributed by atoms with Crippen molar-refractivity contribution in [3.8, 4) is 0 Å². The number of hydrogen-bond donors (Lipinski definition) is 1. The first-order valence-corrected chi connectivity index (χ1v) is 6.94. The fourth-order valence-corrected chi connectivity index (χ4v) is 2.72. The normalized spacial score (nSPS) is 10.7. The molecule has 0 bridgehead atoms. The predicted molar refractivity (Wildman–Crippen MR) is 78.7 cm³/mol. The number of rotatable bonds is 2. The van der Waals surface area contributed by atoms with E-state index in [4.69, 9.17) is 0 Å². The van der Waals surface area contributed by atoms with E-state index in [9.17, 15) is 9.18 Å².